The first kappa shape index (κ1) is 14.8. The van der Waals surface area contributed by atoms with Crippen molar-refractivity contribution < 1.29 is 4.74 Å². The summed E-state index contributed by atoms with van der Waals surface area (Å²) in [7, 11) is 1.73. The van der Waals surface area contributed by atoms with Gasteiger partial charge >= 0.3 is 0 Å². The molecule has 1 N–H and O–H groups in total. The second kappa shape index (κ2) is 6.73. The van der Waals surface area contributed by atoms with Crippen LogP contribution in [0.15, 0.2) is 18.2 Å². The lowest BCUT2D eigenvalue weighted by molar-refractivity contribution is 0.199. The van der Waals surface area contributed by atoms with E-state index in [1.807, 2.05) is 12.1 Å². The molecule has 0 saturated carbocycles. The molecule has 1 aliphatic rings. The van der Waals surface area contributed by atoms with E-state index in [2.05, 4.69) is 11.4 Å². The Balaban J connectivity index is 2.03. The summed E-state index contributed by atoms with van der Waals surface area (Å²) in [6.45, 7) is 2.44. The van der Waals surface area contributed by atoms with E-state index in [1.54, 1.807) is 7.11 Å². The lowest BCUT2D eigenvalue weighted by Crippen LogP contribution is -2.21. The standard InChI is InChI=1S/C17H21ClN2O/c1-21-10-9-19-11-14-12-5-2-3-8-16(12)20-17-13(14)6-4-7-15(17)18/h4,6-7,19H,2-3,5,8-11H2,1H3. The van der Waals surface area contributed by atoms with Crippen LogP contribution in [0, 0.1) is 0 Å². The largest absolute Gasteiger partial charge is 0.383 e. The molecule has 0 atom stereocenters. The Kier molecular flexibility index (Phi) is 4.73. The average molecular weight is 305 g/mol. The number of halogens is 1. The van der Waals surface area contributed by atoms with Crippen molar-refractivity contribution >= 4 is 22.5 Å². The van der Waals surface area contributed by atoms with Gasteiger partial charge in [0.1, 0.15) is 0 Å². The summed E-state index contributed by atoms with van der Waals surface area (Å²) in [5.74, 6) is 0. The van der Waals surface area contributed by atoms with Crippen LogP contribution in [-0.2, 0) is 24.1 Å². The Bertz CT molecular complexity index is 642. The highest BCUT2D eigenvalue weighted by molar-refractivity contribution is 6.35. The normalized spacial score (nSPS) is 14.4. The van der Waals surface area contributed by atoms with Gasteiger partial charge in [0.15, 0.2) is 0 Å². The molecule has 0 bridgehead atoms. The Labute approximate surface area is 130 Å². The number of pyridine rings is 1. The summed E-state index contributed by atoms with van der Waals surface area (Å²) in [6.07, 6.45) is 4.69. The molecule has 0 fully saturated rings. The van der Waals surface area contributed by atoms with E-state index < -0.39 is 0 Å². The van der Waals surface area contributed by atoms with Gasteiger partial charge in [0.2, 0.25) is 0 Å². The van der Waals surface area contributed by atoms with Gasteiger partial charge in [-0.2, -0.15) is 0 Å². The van der Waals surface area contributed by atoms with Crippen LogP contribution in [0.1, 0.15) is 29.7 Å². The lowest BCUT2D eigenvalue weighted by Gasteiger charge is -2.21. The van der Waals surface area contributed by atoms with E-state index in [-0.39, 0.29) is 0 Å². The fourth-order valence-electron chi connectivity index (χ4n) is 3.10. The summed E-state index contributed by atoms with van der Waals surface area (Å²) in [6, 6.07) is 6.07. The minimum atomic E-state index is 0.728. The van der Waals surface area contributed by atoms with Gasteiger partial charge < -0.3 is 10.1 Å². The third-order valence-corrected chi connectivity index (χ3v) is 4.45. The minimum absolute atomic E-state index is 0.728. The second-order valence-electron chi connectivity index (χ2n) is 5.53. The van der Waals surface area contributed by atoms with Gasteiger partial charge in [-0.05, 0) is 42.9 Å². The Hall–Kier alpha value is -1.16. The van der Waals surface area contributed by atoms with Crippen LogP contribution in [0.5, 0.6) is 0 Å². The summed E-state index contributed by atoms with van der Waals surface area (Å²) in [5.41, 5.74) is 4.99. The van der Waals surface area contributed by atoms with Gasteiger partial charge in [-0.25, -0.2) is 0 Å². The first-order valence-corrected chi connectivity index (χ1v) is 7.97. The maximum absolute atomic E-state index is 6.35. The zero-order valence-electron chi connectivity index (χ0n) is 12.4. The molecule has 3 rings (SSSR count). The highest BCUT2D eigenvalue weighted by atomic mass is 35.5. The molecule has 21 heavy (non-hydrogen) atoms. The molecule has 0 radical (unpaired) electrons. The highest BCUT2D eigenvalue weighted by Gasteiger charge is 2.18. The summed E-state index contributed by atoms with van der Waals surface area (Å²) < 4.78 is 5.10. The molecule has 112 valence electrons. The number of nitrogens with one attached hydrogen (secondary N) is 1. The highest BCUT2D eigenvalue weighted by Crippen LogP contribution is 2.32. The number of rotatable bonds is 5. The summed E-state index contributed by atoms with van der Waals surface area (Å²) in [5, 5.41) is 5.41. The van der Waals surface area contributed by atoms with Gasteiger partial charge in [-0.3, -0.25) is 4.98 Å². The number of hydrogen-bond acceptors (Lipinski definition) is 3. The van der Waals surface area contributed by atoms with Crippen LogP contribution in [0.4, 0.5) is 0 Å². The molecular weight excluding hydrogens is 284 g/mol. The number of ether oxygens (including phenoxy) is 1. The second-order valence-corrected chi connectivity index (χ2v) is 5.94. The van der Waals surface area contributed by atoms with Crippen LogP contribution >= 0.6 is 11.6 Å². The van der Waals surface area contributed by atoms with Gasteiger partial charge in [-0.1, -0.05) is 23.7 Å². The van der Waals surface area contributed by atoms with Crippen LogP contribution in [0.3, 0.4) is 0 Å². The maximum atomic E-state index is 6.35. The molecule has 0 saturated heterocycles. The first-order chi connectivity index (χ1) is 10.3. The lowest BCUT2D eigenvalue weighted by atomic mass is 9.90. The number of aromatic nitrogens is 1. The smallest absolute Gasteiger partial charge is 0.0894 e. The zero-order valence-corrected chi connectivity index (χ0v) is 13.2. The average Bonchev–Trinajstić information content (AvgIpc) is 2.51. The van der Waals surface area contributed by atoms with E-state index in [0.29, 0.717) is 0 Å². The van der Waals surface area contributed by atoms with E-state index in [1.165, 1.54) is 35.0 Å². The number of fused-ring (bicyclic) bond motifs is 2. The van der Waals surface area contributed by atoms with Gasteiger partial charge in [0.05, 0.1) is 17.1 Å². The van der Waals surface area contributed by atoms with Crippen molar-refractivity contribution in [3.8, 4) is 0 Å². The molecule has 1 aromatic carbocycles. The Morgan fingerprint density at radius 2 is 2.14 bits per heavy atom. The molecule has 0 spiro atoms. The van der Waals surface area contributed by atoms with Crippen molar-refractivity contribution in [2.24, 2.45) is 0 Å². The maximum Gasteiger partial charge on any atom is 0.0894 e. The van der Waals surface area contributed by atoms with E-state index in [9.17, 15) is 0 Å². The van der Waals surface area contributed by atoms with Crippen molar-refractivity contribution in [2.75, 3.05) is 20.3 Å². The van der Waals surface area contributed by atoms with E-state index >= 15 is 0 Å². The van der Waals surface area contributed by atoms with Gasteiger partial charge in [-0.15, -0.1) is 0 Å². The SMILES string of the molecule is COCCNCc1c2c(nc3c(Cl)cccc13)CCCC2. The molecule has 0 aliphatic heterocycles. The monoisotopic (exact) mass is 304 g/mol. The first-order valence-electron chi connectivity index (χ1n) is 7.59. The van der Waals surface area contributed by atoms with Gasteiger partial charge in [0.25, 0.3) is 0 Å². The van der Waals surface area contributed by atoms with Crippen molar-refractivity contribution in [3.05, 3.63) is 40.0 Å². The molecule has 4 heteroatoms. The number of methoxy groups -OCH3 is 1. The molecule has 0 unspecified atom stereocenters. The third kappa shape index (κ3) is 3.05. The third-order valence-electron chi connectivity index (χ3n) is 4.15. The zero-order chi connectivity index (χ0) is 14.7. The number of aryl methyl sites for hydroxylation is 1. The summed E-state index contributed by atoms with van der Waals surface area (Å²) in [4.78, 5) is 4.84. The fourth-order valence-corrected chi connectivity index (χ4v) is 3.31. The molecule has 1 aliphatic carbocycles. The summed E-state index contributed by atoms with van der Waals surface area (Å²) >= 11 is 6.35. The molecular formula is C17H21ClN2O. The number of hydrogen-bond donors (Lipinski definition) is 1. The Morgan fingerprint density at radius 3 is 3.00 bits per heavy atom. The number of nitrogens with zero attached hydrogens (tertiary/aromatic N) is 1. The van der Waals surface area contributed by atoms with E-state index in [4.69, 9.17) is 21.3 Å². The van der Waals surface area contributed by atoms with Crippen molar-refractivity contribution in [1.29, 1.82) is 0 Å². The minimum Gasteiger partial charge on any atom is -0.383 e. The van der Waals surface area contributed by atoms with Crippen LogP contribution in [0.2, 0.25) is 5.02 Å². The van der Waals surface area contributed by atoms with Gasteiger partial charge in [0, 0.05) is 31.3 Å². The molecule has 1 aromatic heterocycles. The topological polar surface area (TPSA) is 34.1 Å². The molecule has 1 heterocycles. The fraction of sp³-hybridized carbons (Fsp3) is 0.471. The molecule has 3 nitrogen and oxygen atoms in total. The van der Waals surface area contributed by atoms with Crippen molar-refractivity contribution in [2.45, 2.75) is 32.2 Å². The molecule has 0 amide bonds. The van der Waals surface area contributed by atoms with E-state index in [0.717, 1.165) is 43.1 Å². The Morgan fingerprint density at radius 1 is 1.29 bits per heavy atom. The van der Waals surface area contributed by atoms with Crippen LogP contribution < -0.4 is 5.32 Å². The number of benzene rings is 1. The molecule has 2 aromatic rings. The van der Waals surface area contributed by atoms with Crippen molar-refractivity contribution in [1.82, 2.24) is 10.3 Å². The van der Waals surface area contributed by atoms with Crippen LogP contribution in [0.25, 0.3) is 10.9 Å². The predicted molar refractivity (Wildman–Crippen MR) is 87.0 cm³/mol. The predicted octanol–water partition coefficient (Wildman–Crippen LogP) is 3.50. The quantitative estimate of drug-likeness (QED) is 0.859. The van der Waals surface area contributed by atoms with Crippen molar-refractivity contribution in [3.63, 3.8) is 0 Å². The van der Waals surface area contributed by atoms with Crippen LogP contribution in [-0.4, -0.2) is 25.2 Å². The number of para-hydroxylation sites is 1.